The lowest BCUT2D eigenvalue weighted by atomic mass is 10.2. The van der Waals surface area contributed by atoms with Gasteiger partial charge in [0.15, 0.2) is 11.5 Å². The Labute approximate surface area is 137 Å². The van der Waals surface area contributed by atoms with E-state index in [-0.39, 0.29) is 0 Å². The van der Waals surface area contributed by atoms with Gasteiger partial charge in [-0.1, -0.05) is 30.3 Å². The van der Waals surface area contributed by atoms with Crippen molar-refractivity contribution in [3.05, 3.63) is 57.2 Å². The van der Waals surface area contributed by atoms with Gasteiger partial charge in [0, 0.05) is 3.57 Å². The zero-order valence-corrected chi connectivity index (χ0v) is 13.9. The second-order valence-corrected chi connectivity index (χ2v) is 5.41. The van der Waals surface area contributed by atoms with Gasteiger partial charge in [0.2, 0.25) is 0 Å². The van der Waals surface area contributed by atoms with Gasteiger partial charge >= 0.3 is 5.97 Å². The minimum absolute atomic E-state index is 0.397. The smallest absolute Gasteiger partial charge is 0.339 e. The molecular weight excluding hydrogens is 383 g/mol. The molecule has 0 N–H and O–H groups in total. The van der Waals surface area contributed by atoms with Crippen molar-refractivity contribution >= 4 is 28.6 Å². The summed E-state index contributed by atoms with van der Waals surface area (Å²) in [7, 11) is 2.92. The molecule has 0 aliphatic carbocycles. The van der Waals surface area contributed by atoms with Crippen LogP contribution in [0.2, 0.25) is 0 Å². The zero-order valence-electron chi connectivity index (χ0n) is 11.8. The van der Waals surface area contributed by atoms with E-state index in [0.717, 1.165) is 9.13 Å². The molecule has 5 heteroatoms. The molecule has 0 bridgehead atoms. The van der Waals surface area contributed by atoms with Crippen LogP contribution in [0.15, 0.2) is 42.5 Å². The Balaban J connectivity index is 2.26. The number of carbonyl (C=O) groups excluding carboxylic acids is 1. The first kappa shape index (κ1) is 15.6. The maximum Gasteiger partial charge on any atom is 0.339 e. The highest BCUT2D eigenvalue weighted by molar-refractivity contribution is 14.1. The van der Waals surface area contributed by atoms with Crippen molar-refractivity contribution in [1.29, 1.82) is 0 Å². The highest BCUT2D eigenvalue weighted by Gasteiger charge is 2.16. The summed E-state index contributed by atoms with van der Waals surface area (Å²) in [6.45, 7) is 0.401. The van der Waals surface area contributed by atoms with Crippen LogP contribution in [0.25, 0.3) is 0 Å². The third-order valence-corrected chi connectivity index (χ3v) is 3.79. The minimum atomic E-state index is -0.397. The number of hydrogen-bond acceptors (Lipinski definition) is 4. The van der Waals surface area contributed by atoms with Crippen LogP contribution in [0.4, 0.5) is 0 Å². The summed E-state index contributed by atoms with van der Waals surface area (Å²) in [5.41, 5.74) is 1.50. The van der Waals surface area contributed by atoms with Crippen LogP contribution in [-0.4, -0.2) is 20.2 Å². The molecule has 0 aliphatic heterocycles. The number of esters is 1. The van der Waals surface area contributed by atoms with Crippen LogP contribution in [0.5, 0.6) is 11.5 Å². The van der Waals surface area contributed by atoms with Crippen molar-refractivity contribution in [2.75, 3.05) is 14.2 Å². The zero-order chi connectivity index (χ0) is 15.2. The number of methoxy groups -OCH3 is 2. The van der Waals surface area contributed by atoms with Gasteiger partial charge in [-0.15, -0.1) is 0 Å². The van der Waals surface area contributed by atoms with Crippen molar-refractivity contribution in [1.82, 2.24) is 0 Å². The van der Waals surface area contributed by atoms with Gasteiger partial charge in [-0.2, -0.15) is 0 Å². The number of halogens is 1. The van der Waals surface area contributed by atoms with Gasteiger partial charge < -0.3 is 14.2 Å². The van der Waals surface area contributed by atoms with Crippen LogP contribution in [0, 0.1) is 3.57 Å². The van der Waals surface area contributed by atoms with E-state index in [4.69, 9.17) is 14.2 Å². The first-order chi connectivity index (χ1) is 10.2. The number of ether oxygens (including phenoxy) is 3. The summed E-state index contributed by atoms with van der Waals surface area (Å²) >= 11 is 2.07. The van der Waals surface area contributed by atoms with Crippen molar-refractivity contribution in [2.45, 2.75) is 6.61 Å². The molecule has 0 amide bonds. The molecule has 0 saturated carbocycles. The lowest BCUT2D eigenvalue weighted by molar-refractivity contribution is 0.0599. The van der Waals surface area contributed by atoms with Gasteiger partial charge in [0.1, 0.15) is 6.61 Å². The molecule has 2 aromatic carbocycles. The summed E-state index contributed by atoms with van der Waals surface area (Å²) < 4.78 is 16.6. The molecule has 0 spiro atoms. The van der Waals surface area contributed by atoms with E-state index in [1.54, 1.807) is 19.2 Å². The standard InChI is InChI=1S/C16H15IO4/c1-19-14-9-13(17)12(16(18)20-2)8-15(14)21-10-11-6-4-3-5-7-11/h3-9H,10H2,1-2H3. The van der Waals surface area contributed by atoms with Crippen LogP contribution in [0.3, 0.4) is 0 Å². The molecule has 0 fully saturated rings. The van der Waals surface area contributed by atoms with E-state index in [1.807, 2.05) is 30.3 Å². The van der Waals surface area contributed by atoms with Crippen molar-refractivity contribution in [3.8, 4) is 11.5 Å². The van der Waals surface area contributed by atoms with Crippen LogP contribution in [-0.2, 0) is 11.3 Å². The van der Waals surface area contributed by atoms with Gasteiger partial charge in [-0.05, 0) is 40.3 Å². The first-order valence-corrected chi connectivity index (χ1v) is 7.36. The molecule has 0 aliphatic rings. The lowest BCUT2D eigenvalue weighted by Gasteiger charge is -2.13. The van der Waals surface area contributed by atoms with Crippen LogP contribution >= 0.6 is 22.6 Å². The molecule has 0 saturated heterocycles. The SMILES string of the molecule is COC(=O)c1cc(OCc2ccccc2)c(OC)cc1I. The van der Waals surface area contributed by atoms with Gasteiger partial charge in [-0.25, -0.2) is 4.79 Å². The molecule has 0 heterocycles. The van der Waals surface area contributed by atoms with Crippen LogP contribution < -0.4 is 9.47 Å². The highest BCUT2D eigenvalue weighted by Crippen LogP contribution is 2.32. The number of benzene rings is 2. The maximum atomic E-state index is 11.7. The summed E-state index contributed by atoms with van der Waals surface area (Å²) in [5, 5.41) is 0. The van der Waals surface area contributed by atoms with Crippen molar-refractivity contribution in [3.63, 3.8) is 0 Å². The molecule has 0 aromatic heterocycles. The number of hydrogen-bond donors (Lipinski definition) is 0. The first-order valence-electron chi connectivity index (χ1n) is 6.28. The summed E-state index contributed by atoms with van der Waals surface area (Å²) in [5.74, 6) is 0.705. The molecule has 110 valence electrons. The van der Waals surface area contributed by atoms with E-state index in [1.165, 1.54) is 7.11 Å². The largest absolute Gasteiger partial charge is 0.493 e. The molecule has 2 rings (SSSR count). The molecule has 2 aromatic rings. The predicted molar refractivity (Wildman–Crippen MR) is 87.8 cm³/mol. The average Bonchev–Trinajstić information content (AvgIpc) is 2.53. The molecular formula is C16H15IO4. The van der Waals surface area contributed by atoms with E-state index in [9.17, 15) is 4.79 Å². The number of rotatable bonds is 5. The molecule has 4 nitrogen and oxygen atoms in total. The number of carbonyl (C=O) groups is 1. The summed E-state index contributed by atoms with van der Waals surface area (Å²) in [6, 6.07) is 13.2. The van der Waals surface area contributed by atoms with Crippen molar-refractivity contribution in [2.24, 2.45) is 0 Å². The third kappa shape index (κ3) is 3.87. The van der Waals surface area contributed by atoms with Gasteiger partial charge in [-0.3, -0.25) is 0 Å². The van der Waals surface area contributed by atoms with E-state index in [2.05, 4.69) is 22.6 Å². The summed E-state index contributed by atoms with van der Waals surface area (Å²) in [4.78, 5) is 11.7. The fourth-order valence-electron chi connectivity index (χ4n) is 1.81. The molecule has 0 unspecified atom stereocenters. The third-order valence-electron chi connectivity index (χ3n) is 2.90. The highest BCUT2D eigenvalue weighted by atomic mass is 127. The van der Waals surface area contributed by atoms with Crippen molar-refractivity contribution < 1.29 is 19.0 Å². The summed E-state index contributed by atoms with van der Waals surface area (Å²) in [6.07, 6.45) is 0. The maximum absolute atomic E-state index is 11.7. The van der Waals surface area contributed by atoms with E-state index in [0.29, 0.717) is 23.7 Å². The normalized spacial score (nSPS) is 10.0. The second-order valence-electron chi connectivity index (χ2n) is 4.25. The molecule has 0 radical (unpaired) electrons. The predicted octanol–water partition coefficient (Wildman–Crippen LogP) is 3.67. The second kappa shape index (κ2) is 7.31. The fourth-order valence-corrected chi connectivity index (χ4v) is 2.47. The average molecular weight is 398 g/mol. The van der Waals surface area contributed by atoms with E-state index < -0.39 is 5.97 Å². The van der Waals surface area contributed by atoms with Crippen LogP contribution in [0.1, 0.15) is 15.9 Å². The Morgan fingerprint density at radius 2 is 1.81 bits per heavy atom. The van der Waals surface area contributed by atoms with Gasteiger partial charge in [0.25, 0.3) is 0 Å². The fraction of sp³-hybridized carbons (Fsp3) is 0.188. The Bertz CT molecular complexity index is 626. The van der Waals surface area contributed by atoms with E-state index >= 15 is 0 Å². The Morgan fingerprint density at radius 1 is 1.10 bits per heavy atom. The van der Waals surface area contributed by atoms with Gasteiger partial charge in [0.05, 0.1) is 19.8 Å². The molecule has 21 heavy (non-hydrogen) atoms. The lowest BCUT2D eigenvalue weighted by Crippen LogP contribution is -2.06. The quantitative estimate of drug-likeness (QED) is 0.570. The monoisotopic (exact) mass is 398 g/mol. The topological polar surface area (TPSA) is 44.8 Å². The Kier molecular flexibility index (Phi) is 5.44. The molecule has 0 atom stereocenters. The Morgan fingerprint density at radius 3 is 2.43 bits per heavy atom. The Hall–Kier alpha value is -1.76. The minimum Gasteiger partial charge on any atom is -0.493 e.